The van der Waals surface area contributed by atoms with E-state index in [1.807, 2.05) is 13.8 Å². The second-order valence-electron chi connectivity index (χ2n) is 2.58. The van der Waals surface area contributed by atoms with Crippen molar-refractivity contribution in [3.63, 3.8) is 0 Å². The SMILES string of the molecule is CC[C@H]1OC=CC(=O)[C@@H]1C. The molecule has 0 N–H and O–H groups in total. The highest BCUT2D eigenvalue weighted by Crippen LogP contribution is 2.17. The smallest absolute Gasteiger partial charge is 0.165 e. The third kappa shape index (κ3) is 1.20. The van der Waals surface area contributed by atoms with E-state index >= 15 is 0 Å². The number of carbonyl (C=O) groups excluding carboxylic acids is 1. The van der Waals surface area contributed by atoms with Crippen molar-refractivity contribution in [2.75, 3.05) is 0 Å². The van der Waals surface area contributed by atoms with E-state index in [-0.39, 0.29) is 17.8 Å². The van der Waals surface area contributed by atoms with Crippen LogP contribution in [0.25, 0.3) is 0 Å². The topological polar surface area (TPSA) is 26.3 Å². The predicted octanol–water partition coefficient (Wildman–Crippen LogP) is 1.51. The largest absolute Gasteiger partial charge is 0.497 e. The summed E-state index contributed by atoms with van der Waals surface area (Å²) in [7, 11) is 0. The van der Waals surface area contributed by atoms with E-state index in [2.05, 4.69) is 0 Å². The van der Waals surface area contributed by atoms with Gasteiger partial charge in [-0.15, -0.1) is 0 Å². The Morgan fingerprint density at radius 1 is 1.70 bits per heavy atom. The monoisotopic (exact) mass is 140 g/mol. The Labute approximate surface area is 60.9 Å². The average molecular weight is 140 g/mol. The van der Waals surface area contributed by atoms with Crippen LogP contribution in [-0.2, 0) is 9.53 Å². The Bertz CT molecular complexity index is 161. The summed E-state index contributed by atoms with van der Waals surface area (Å²) in [5.41, 5.74) is 0. The number of rotatable bonds is 1. The molecule has 10 heavy (non-hydrogen) atoms. The third-order valence-electron chi connectivity index (χ3n) is 1.89. The number of carbonyl (C=O) groups is 1. The number of hydrogen-bond acceptors (Lipinski definition) is 2. The van der Waals surface area contributed by atoms with Gasteiger partial charge in [0.25, 0.3) is 0 Å². The molecule has 0 amide bonds. The first-order valence-electron chi connectivity index (χ1n) is 3.61. The lowest BCUT2D eigenvalue weighted by Gasteiger charge is -2.23. The maximum atomic E-state index is 11.0. The summed E-state index contributed by atoms with van der Waals surface area (Å²) < 4.78 is 5.21. The van der Waals surface area contributed by atoms with E-state index in [0.29, 0.717) is 0 Å². The quantitative estimate of drug-likeness (QED) is 0.552. The minimum atomic E-state index is 0.0370. The van der Waals surface area contributed by atoms with Crippen molar-refractivity contribution in [2.45, 2.75) is 26.4 Å². The molecule has 0 aliphatic carbocycles. The van der Waals surface area contributed by atoms with Gasteiger partial charge in [-0.25, -0.2) is 0 Å². The summed E-state index contributed by atoms with van der Waals surface area (Å²) in [4.78, 5) is 11.0. The minimum absolute atomic E-state index is 0.0370. The summed E-state index contributed by atoms with van der Waals surface area (Å²) in [6, 6.07) is 0. The van der Waals surface area contributed by atoms with Crippen LogP contribution in [0.1, 0.15) is 20.3 Å². The van der Waals surface area contributed by atoms with Gasteiger partial charge in [-0.2, -0.15) is 0 Å². The van der Waals surface area contributed by atoms with Gasteiger partial charge < -0.3 is 4.74 Å². The molecule has 0 saturated carbocycles. The Hall–Kier alpha value is -0.790. The second-order valence-corrected chi connectivity index (χ2v) is 2.58. The summed E-state index contributed by atoms with van der Waals surface area (Å²) in [6.07, 6.45) is 3.99. The summed E-state index contributed by atoms with van der Waals surface area (Å²) in [6.45, 7) is 3.92. The fraction of sp³-hybridized carbons (Fsp3) is 0.625. The van der Waals surface area contributed by atoms with Crippen LogP contribution in [-0.4, -0.2) is 11.9 Å². The first-order valence-corrected chi connectivity index (χ1v) is 3.61. The van der Waals surface area contributed by atoms with E-state index in [4.69, 9.17) is 4.74 Å². The number of ether oxygens (including phenoxy) is 1. The van der Waals surface area contributed by atoms with Crippen LogP contribution < -0.4 is 0 Å². The molecule has 1 aliphatic heterocycles. The maximum Gasteiger partial charge on any atom is 0.165 e. The molecule has 0 fully saturated rings. The summed E-state index contributed by atoms with van der Waals surface area (Å²) >= 11 is 0. The molecule has 0 aromatic rings. The van der Waals surface area contributed by atoms with Crippen LogP contribution >= 0.6 is 0 Å². The van der Waals surface area contributed by atoms with Crippen molar-refractivity contribution in [1.82, 2.24) is 0 Å². The zero-order chi connectivity index (χ0) is 7.56. The Morgan fingerprint density at radius 3 is 2.90 bits per heavy atom. The fourth-order valence-electron chi connectivity index (χ4n) is 1.11. The van der Waals surface area contributed by atoms with E-state index in [1.54, 1.807) is 0 Å². The molecule has 1 rings (SSSR count). The van der Waals surface area contributed by atoms with Gasteiger partial charge in [0.1, 0.15) is 6.10 Å². The highest BCUT2D eigenvalue weighted by atomic mass is 16.5. The standard InChI is InChI=1S/C8H12O2/c1-3-8-6(2)7(9)4-5-10-8/h4-6,8H,3H2,1-2H3/t6-,8+/m0/s1. The Balaban J connectivity index is 2.65. The van der Waals surface area contributed by atoms with E-state index < -0.39 is 0 Å². The van der Waals surface area contributed by atoms with Gasteiger partial charge >= 0.3 is 0 Å². The lowest BCUT2D eigenvalue weighted by molar-refractivity contribution is -0.123. The van der Waals surface area contributed by atoms with Gasteiger partial charge in [-0.05, 0) is 6.42 Å². The van der Waals surface area contributed by atoms with Crippen LogP contribution in [0.2, 0.25) is 0 Å². The Morgan fingerprint density at radius 2 is 2.40 bits per heavy atom. The number of ketones is 1. The number of hydrogen-bond donors (Lipinski definition) is 0. The van der Waals surface area contributed by atoms with Crippen molar-refractivity contribution >= 4 is 5.78 Å². The number of allylic oxidation sites excluding steroid dienone is 1. The molecule has 2 nitrogen and oxygen atoms in total. The van der Waals surface area contributed by atoms with Gasteiger partial charge in [0.2, 0.25) is 0 Å². The second kappa shape index (κ2) is 2.86. The molecule has 0 spiro atoms. The fourth-order valence-corrected chi connectivity index (χ4v) is 1.11. The van der Waals surface area contributed by atoms with E-state index in [0.717, 1.165) is 6.42 Å². The predicted molar refractivity (Wildman–Crippen MR) is 38.5 cm³/mol. The minimum Gasteiger partial charge on any atom is -0.497 e. The van der Waals surface area contributed by atoms with Crippen molar-refractivity contribution in [3.8, 4) is 0 Å². The zero-order valence-electron chi connectivity index (χ0n) is 6.33. The van der Waals surface area contributed by atoms with Crippen LogP contribution in [0.3, 0.4) is 0 Å². The molecule has 0 bridgehead atoms. The van der Waals surface area contributed by atoms with Crippen molar-refractivity contribution in [3.05, 3.63) is 12.3 Å². The zero-order valence-corrected chi connectivity index (χ0v) is 6.33. The van der Waals surface area contributed by atoms with E-state index in [1.165, 1.54) is 12.3 Å². The molecule has 1 heterocycles. The summed E-state index contributed by atoms with van der Waals surface area (Å²) in [5, 5.41) is 0. The lowest BCUT2D eigenvalue weighted by atomic mass is 9.96. The first kappa shape index (κ1) is 7.32. The van der Waals surface area contributed by atoms with Crippen molar-refractivity contribution < 1.29 is 9.53 Å². The maximum absolute atomic E-state index is 11.0. The highest BCUT2D eigenvalue weighted by Gasteiger charge is 2.24. The van der Waals surface area contributed by atoms with E-state index in [9.17, 15) is 4.79 Å². The highest BCUT2D eigenvalue weighted by molar-refractivity contribution is 5.92. The third-order valence-corrected chi connectivity index (χ3v) is 1.89. The molecular formula is C8H12O2. The van der Waals surface area contributed by atoms with Gasteiger partial charge in [0.15, 0.2) is 5.78 Å². The lowest BCUT2D eigenvalue weighted by Crippen LogP contribution is -2.28. The molecule has 0 radical (unpaired) electrons. The molecule has 0 unspecified atom stereocenters. The molecule has 0 saturated heterocycles. The summed E-state index contributed by atoms with van der Waals surface area (Å²) in [5.74, 6) is 0.216. The van der Waals surface area contributed by atoms with Crippen LogP contribution in [0.4, 0.5) is 0 Å². The van der Waals surface area contributed by atoms with Gasteiger partial charge in [0, 0.05) is 6.08 Å². The first-order chi connectivity index (χ1) is 4.75. The molecule has 0 aromatic carbocycles. The van der Waals surface area contributed by atoms with Gasteiger partial charge in [0.05, 0.1) is 12.2 Å². The normalized spacial score (nSPS) is 32.0. The molecule has 2 atom stereocenters. The molecule has 0 aromatic heterocycles. The van der Waals surface area contributed by atoms with Gasteiger partial charge in [-0.1, -0.05) is 13.8 Å². The van der Waals surface area contributed by atoms with Crippen molar-refractivity contribution in [2.24, 2.45) is 5.92 Å². The molecule has 2 heteroatoms. The van der Waals surface area contributed by atoms with Crippen LogP contribution in [0, 0.1) is 5.92 Å². The van der Waals surface area contributed by atoms with Crippen molar-refractivity contribution in [1.29, 1.82) is 0 Å². The van der Waals surface area contributed by atoms with Crippen LogP contribution in [0.15, 0.2) is 12.3 Å². The van der Waals surface area contributed by atoms with Crippen LogP contribution in [0.5, 0.6) is 0 Å². The molecule has 56 valence electrons. The average Bonchev–Trinajstić information content (AvgIpc) is 1.95. The molecular weight excluding hydrogens is 128 g/mol. The van der Waals surface area contributed by atoms with Gasteiger partial charge in [-0.3, -0.25) is 4.79 Å². The Kier molecular flexibility index (Phi) is 2.10. The molecule has 1 aliphatic rings.